The summed E-state index contributed by atoms with van der Waals surface area (Å²) in [6.07, 6.45) is 0. The minimum absolute atomic E-state index is 0.0267. The topological polar surface area (TPSA) is 70.2 Å². The largest absolute Gasteiger partial charge is 0.326 e. The molecule has 2 amide bonds. The second kappa shape index (κ2) is 7.22. The maximum Gasteiger partial charge on any atom is 0.238 e. The number of benzene rings is 1. The third-order valence-electron chi connectivity index (χ3n) is 2.74. The van der Waals surface area contributed by atoms with Crippen LogP contribution in [0.5, 0.6) is 0 Å². The van der Waals surface area contributed by atoms with Gasteiger partial charge in [0.1, 0.15) is 0 Å². The highest BCUT2D eigenvalue weighted by molar-refractivity contribution is 5.94. The van der Waals surface area contributed by atoms with Crippen molar-refractivity contribution in [3.63, 3.8) is 0 Å². The fourth-order valence-electron chi connectivity index (χ4n) is 1.47. The first-order chi connectivity index (χ1) is 9.67. The van der Waals surface area contributed by atoms with E-state index in [0.29, 0.717) is 5.69 Å². The maximum atomic E-state index is 11.8. The summed E-state index contributed by atoms with van der Waals surface area (Å²) in [5, 5.41) is 8.73. The van der Waals surface area contributed by atoms with Crippen LogP contribution in [-0.4, -0.2) is 23.9 Å². The van der Waals surface area contributed by atoms with E-state index in [1.54, 1.807) is 24.3 Å². The zero-order chi connectivity index (χ0) is 16.0. The molecule has 1 aromatic carbocycles. The highest BCUT2D eigenvalue weighted by atomic mass is 16.2. The van der Waals surface area contributed by atoms with Crippen LogP contribution in [0, 0.1) is 5.92 Å². The van der Waals surface area contributed by atoms with E-state index in [1.807, 2.05) is 34.6 Å². The first-order valence-electron chi connectivity index (χ1n) is 7.13. The number of hydrogen-bond acceptors (Lipinski definition) is 3. The summed E-state index contributed by atoms with van der Waals surface area (Å²) in [5.41, 5.74) is 1.33. The molecule has 0 saturated heterocycles. The van der Waals surface area contributed by atoms with Gasteiger partial charge in [0.2, 0.25) is 11.8 Å². The summed E-state index contributed by atoms with van der Waals surface area (Å²) in [7, 11) is 0. The van der Waals surface area contributed by atoms with Gasteiger partial charge < -0.3 is 16.0 Å². The second-order valence-electron chi connectivity index (χ2n) is 6.37. The van der Waals surface area contributed by atoms with Gasteiger partial charge in [-0.25, -0.2) is 0 Å². The third-order valence-corrected chi connectivity index (χ3v) is 2.74. The Hall–Kier alpha value is -1.88. The fourth-order valence-corrected chi connectivity index (χ4v) is 1.47. The van der Waals surface area contributed by atoms with Crippen molar-refractivity contribution in [2.75, 3.05) is 17.2 Å². The van der Waals surface area contributed by atoms with Crippen LogP contribution in [0.4, 0.5) is 11.4 Å². The van der Waals surface area contributed by atoms with E-state index in [1.165, 1.54) is 0 Å². The van der Waals surface area contributed by atoms with Gasteiger partial charge in [-0.3, -0.25) is 9.59 Å². The van der Waals surface area contributed by atoms with Crippen LogP contribution in [0.15, 0.2) is 24.3 Å². The highest BCUT2D eigenvalue weighted by Crippen LogP contribution is 2.14. The van der Waals surface area contributed by atoms with Crippen molar-refractivity contribution >= 4 is 23.2 Å². The van der Waals surface area contributed by atoms with E-state index < -0.39 is 0 Å². The smallest absolute Gasteiger partial charge is 0.238 e. The lowest BCUT2D eigenvalue weighted by molar-refractivity contribution is -0.119. The molecule has 0 aromatic heterocycles. The summed E-state index contributed by atoms with van der Waals surface area (Å²) >= 11 is 0. The van der Waals surface area contributed by atoms with Gasteiger partial charge in [0.05, 0.1) is 6.54 Å². The standard InChI is InChI=1S/C16H25N3O2/c1-11(2)15(21)19-13-8-6-12(7-9-13)18-14(20)10-17-16(3,4)5/h6-9,11,17H,10H2,1-5H3,(H,18,20)(H,19,21). The summed E-state index contributed by atoms with van der Waals surface area (Å²) in [6, 6.07) is 7.08. The molecular formula is C16H25N3O2. The fraction of sp³-hybridized carbons (Fsp3) is 0.500. The summed E-state index contributed by atoms with van der Waals surface area (Å²) in [6.45, 7) is 9.96. The van der Waals surface area contributed by atoms with E-state index >= 15 is 0 Å². The second-order valence-corrected chi connectivity index (χ2v) is 6.37. The predicted molar refractivity (Wildman–Crippen MR) is 86.3 cm³/mol. The van der Waals surface area contributed by atoms with Gasteiger partial charge in [0, 0.05) is 22.8 Å². The lowest BCUT2D eigenvalue weighted by Gasteiger charge is -2.20. The number of rotatable bonds is 5. The molecule has 0 aliphatic heterocycles. The lowest BCUT2D eigenvalue weighted by Crippen LogP contribution is -2.41. The van der Waals surface area contributed by atoms with Crippen LogP contribution >= 0.6 is 0 Å². The molecule has 0 radical (unpaired) electrons. The molecule has 1 rings (SSSR count). The molecule has 0 spiro atoms. The minimum atomic E-state index is -0.0949. The molecule has 0 heterocycles. The molecule has 0 saturated carbocycles. The van der Waals surface area contributed by atoms with Gasteiger partial charge in [-0.15, -0.1) is 0 Å². The van der Waals surface area contributed by atoms with Crippen molar-refractivity contribution in [1.29, 1.82) is 0 Å². The SMILES string of the molecule is CC(C)C(=O)Nc1ccc(NC(=O)CNC(C)(C)C)cc1. The van der Waals surface area contributed by atoms with E-state index in [-0.39, 0.29) is 29.8 Å². The molecule has 116 valence electrons. The van der Waals surface area contributed by atoms with Crippen molar-refractivity contribution in [2.24, 2.45) is 5.92 Å². The Morgan fingerprint density at radius 2 is 1.48 bits per heavy atom. The van der Waals surface area contributed by atoms with Gasteiger partial charge in [-0.05, 0) is 45.0 Å². The van der Waals surface area contributed by atoms with Crippen molar-refractivity contribution in [1.82, 2.24) is 5.32 Å². The molecule has 21 heavy (non-hydrogen) atoms. The lowest BCUT2D eigenvalue weighted by atomic mass is 10.1. The maximum absolute atomic E-state index is 11.8. The van der Waals surface area contributed by atoms with Crippen LogP contribution < -0.4 is 16.0 Å². The molecule has 0 aliphatic carbocycles. The van der Waals surface area contributed by atoms with Crippen LogP contribution in [0.2, 0.25) is 0 Å². The molecule has 3 N–H and O–H groups in total. The number of amides is 2. The van der Waals surface area contributed by atoms with Crippen molar-refractivity contribution in [3.8, 4) is 0 Å². The zero-order valence-electron chi connectivity index (χ0n) is 13.4. The normalized spacial score (nSPS) is 11.3. The Balaban J connectivity index is 2.51. The number of anilines is 2. The van der Waals surface area contributed by atoms with Gasteiger partial charge in [-0.1, -0.05) is 13.8 Å². The average molecular weight is 291 g/mol. The molecular weight excluding hydrogens is 266 g/mol. The van der Waals surface area contributed by atoms with Gasteiger partial charge >= 0.3 is 0 Å². The minimum Gasteiger partial charge on any atom is -0.326 e. The van der Waals surface area contributed by atoms with Gasteiger partial charge in [0.25, 0.3) is 0 Å². The van der Waals surface area contributed by atoms with Gasteiger partial charge in [-0.2, -0.15) is 0 Å². The molecule has 0 bridgehead atoms. The summed E-state index contributed by atoms with van der Waals surface area (Å²) < 4.78 is 0. The number of hydrogen-bond donors (Lipinski definition) is 3. The molecule has 0 atom stereocenters. The highest BCUT2D eigenvalue weighted by Gasteiger charge is 2.11. The molecule has 0 fully saturated rings. The molecule has 0 aliphatic rings. The van der Waals surface area contributed by atoms with Crippen LogP contribution in [0.1, 0.15) is 34.6 Å². The summed E-state index contributed by atoms with van der Waals surface area (Å²) in [5.74, 6) is -0.182. The van der Waals surface area contributed by atoms with E-state index in [4.69, 9.17) is 0 Å². The predicted octanol–water partition coefficient (Wildman–Crippen LogP) is 2.61. The number of nitrogens with one attached hydrogen (secondary N) is 3. The van der Waals surface area contributed by atoms with Crippen molar-refractivity contribution in [3.05, 3.63) is 24.3 Å². The van der Waals surface area contributed by atoms with Crippen LogP contribution in [-0.2, 0) is 9.59 Å². The van der Waals surface area contributed by atoms with Crippen LogP contribution in [0.3, 0.4) is 0 Å². The zero-order valence-corrected chi connectivity index (χ0v) is 13.4. The Morgan fingerprint density at radius 1 is 1.00 bits per heavy atom. The Labute approximate surface area is 126 Å². The van der Waals surface area contributed by atoms with Crippen molar-refractivity contribution < 1.29 is 9.59 Å². The van der Waals surface area contributed by atoms with Gasteiger partial charge in [0.15, 0.2) is 0 Å². The first kappa shape index (κ1) is 17.2. The molecule has 1 aromatic rings. The number of carbonyl (C=O) groups is 2. The monoisotopic (exact) mass is 291 g/mol. The quantitative estimate of drug-likeness (QED) is 0.781. The van der Waals surface area contributed by atoms with E-state index in [9.17, 15) is 9.59 Å². The first-order valence-corrected chi connectivity index (χ1v) is 7.13. The number of carbonyl (C=O) groups excluding carboxylic acids is 2. The summed E-state index contributed by atoms with van der Waals surface area (Å²) in [4.78, 5) is 23.3. The van der Waals surface area contributed by atoms with E-state index in [2.05, 4.69) is 16.0 Å². The Kier molecular flexibility index (Phi) is 5.90. The third kappa shape index (κ3) is 6.90. The average Bonchev–Trinajstić information content (AvgIpc) is 2.38. The Morgan fingerprint density at radius 3 is 1.90 bits per heavy atom. The van der Waals surface area contributed by atoms with E-state index in [0.717, 1.165) is 5.69 Å². The van der Waals surface area contributed by atoms with Crippen LogP contribution in [0.25, 0.3) is 0 Å². The van der Waals surface area contributed by atoms with Crippen molar-refractivity contribution in [2.45, 2.75) is 40.2 Å². The molecule has 5 heteroatoms. The molecule has 5 nitrogen and oxygen atoms in total. The molecule has 0 unspecified atom stereocenters. The Bertz CT molecular complexity index is 487.